The van der Waals surface area contributed by atoms with Crippen molar-refractivity contribution in [1.82, 2.24) is 5.32 Å². The molecule has 0 fully saturated rings. The summed E-state index contributed by atoms with van der Waals surface area (Å²) in [6.45, 7) is 1.82. The minimum atomic E-state index is -4.31. The molecule has 0 bridgehead atoms. The molecule has 0 aliphatic heterocycles. The maximum Gasteiger partial charge on any atom is 0.472 e. The molecule has 3 N–H and O–H groups in total. The molecular weight excluding hydrogens is 293 g/mol. The largest absolute Gasteiger partial charge is 0.472 e. The molecule has 0 spiro atoms. The number of phosphoric acid groups is 1. The van der Waals surface area contributed by atoms with E-state index in [1.807, 2.05) is 0 Å². The van der Waals surface area contributed by atoms with Crippen LogP contribution in [0.25, 0.3) is 0 Å². The summed E-state index contributed by atoms with van der Waals surface area (Å²) in [5.74, 6) is -0.793. The van der Waals surface area contributed by atoms with E-state index < -0.39 is 26.5 Å². The Morgan fingerprint density at radius 1 is 1.30 bits per heavy atom. The second-order valence-corrected chi connectivity index (χ2v) is 5.21. The lowest BCUT2D eigenvalue weighted by Gasteiger charge is -2.15. The average molecular weight is 313 g/mol. The minimum absolute atomic E-state index is 0.0661. The van der Waals surface area contributed by atoms with Crippen LogP contribution >= 0.6 is 7.82 Å². The molecule has 0 radical (unpaired) electrons. The third kappa shape index (κ3) is 10.9. The van der Waals surface area contributed by atoms with Crippen LogP contribution in [-0.2, 0) is 27.9 Å². The molecule has 0 aromatic carbocycles. The number of aliphatic hydroxyl groups excluding tert-OH is 1. The number of nitrogens with one attached hydrogen (secondary N) is 1. The van der Waals surface area contributed by atoms with Gasteiger partial charge < -0.3 is 20.1 Å². The monoisotopic (exact) mass is 313 g/mol. The van der Waals surface area contributed by atoms with Gasteiger partial charge in [-0.25, -0.2) is 4.57 Å². The van der Waals surface area contributed by atoms with E-state index in [4.69, 9.17) is 0 Å². The van der Waals surface area contributed by atoms with Gasteiger partial charge in [0.25, 0.3) is 0 Å². The van der Waals surface area contributed by atoms with Crippen molar-refractivity contribution in [3.05, 3.63) is 0 Å². The number of carbonyl (C=O) groups excluding carboxylic acids is 2. The Morgan fingerprint density at radius 2 is 1.95 bits per heavy atom. The summed E-state index contributed by atoms with van der Waals surface area (Å²) >= 11 is 0. The number of rotatable bonds is 10. The van der Waals surface area contributed by atoms with E-state index in [1.165, 1.54) is 0 Å². The highest BCUT2D eigenvalue weighted by Crippen LogP contribution is 2.42. The number of hydrogen-bond donors (Lipinski definition) is 3. The molecule has 2 atom stereocenters. The molecule has 0 aromatic heterocycles. The molecular formula is C10H20NO8P. The highest BCUT2D eigenvalue weighted by molar-refractivity contribution is 7.47. The van der Waals surface area contributed by atoms with E-state index >= 15 is 0 Å². The van der Waals surface area contributed by atoms with Crippen molar-refractivity contribution in [2.45, 2.75) is 26.4 Å². The summed E-state index contributed by atoms with van der Waals surface area (Å²) in [4.78, 5) is 30.6. The lowest BCUT2D eigenvalue weighted by Crippen LogP contribution is -2.26. The van der Waals surface area contributed by atoms with Gasteiger partial charge in [-0.05, 0) is 0 Å². The predicted molar refractivity (Wildman–Crippen MR) is 67.7 cm³/mol. The minimum Gasteiger partial charge on any atom is -0.463 e. The SMILES string of the molecule is CCC(=O)NCCOP(=O)(O)OCC(O)COC(C)=O. The van der Waals surface area contributed by atoms with Crippen molar-refractivity contribution in [3.8, 4) is 0 Å². The van der Waals surface area contributed by atoms with Gasteiger partial charge in [0.2, 0.25) is 5.91 Å². The molecule has 0 rings (SSSR count). The zero-order valence-electron chi connectivity index (χ0n) is 11.4. The van der Waals surface area contributed by atoms with Crippen LogP contribution in [-0.4, -0.2) is 54.3 Å². The van der Waals surface area contributed by atoms with Gasteiger partial charge in [-0.1, -0.05) is 6.92 Å². The molecule has 1 amide bonds. The molecule has 0 saturated carbocycles. The van der Waals surface area contributed by atoms with E-state index in [2.05, 4.69) is 19.1 Å². The summed E-state index contributed by atoms with van der Waals surface area (Å²) < 4.78 is 24.9. The Bertz CT molecular complexity index is 361. The molecule has 10 heteroatoms. The van der Waals surface area contributed by atoms with Crippen LogP contribution in [0.2, 0.25) is 0 Å². The van der Waals surface area contributed by atoms with Gasteiger partial charge in [-0.2, -0.15) is 0 Å². The van der Waals surface area contributed by atoms with Crippen LogP contribution in [0.5, 0.6) is 0 Å². The molecule has 0 heterocycles. The number of aliphatic hydroxyl groups is 1. The predicted octanol–water partition coefficient (Wildman–Crippen LogP) is -0.430. The lowest BCUT2D eigenvalue weighted by atomic mass is 10.4. The number of esters is 1. The fourth-order valence-electron chi connectivity index (χ4n) is 0.956. The van der Waals surface area contributed by atoms with Gasteiger partial charge in [0, 0.05) is 19.9 Å². The molecule has 0 saturated heterocycles. The quantitative estimate of drug-likeness (QED) is 0.281. The van der Waals surface area contributed by atoms with Crippen molar-refractivity contribution in [1.29, 1.82) is 0 Å². The van der Waals surface area contributed by atoms with Crippen LogP contribution in [0, 0.1) is 0 Å². The topological polar surface area (TPSA) is 131 Å². The van der Waals surface area contributed by atoms with Crippen molar-refractivity contribution in [3.63, 3.8) is 0 Å². The maximum atomic E-state index is 11.4. The highest BCUT2D eigenvalue weighted by atomic mass is 31.2. The van der Waals surface area contributed by atoms with Gasteiger partial charge in [0.1, 0.15) is 12.7 Å². The van der Waals surface area contributed by atoms with Crippen LogP contribution in [0.3, 0.4) is 0 Å². The number of hydrogen-bond acceptors (Lipinski definition) is 7. The fraction of sp³-hybridized carbons (Fsp3) is 0.800. The Morgan fingerprint density at radius 3 is 2.50 bits per heavy atom. The summed E-state index contributed by atoms with van der Waals surface area (Å²) in [5, 5.41) is 11.7. The zero-order valence-corrected chi connectivity index (χ0v) is 12.3. The van der Waals surface area contributed by atoms with Crippen LogP contribution in [0.15, 0.2) is 0 Å². The second kappa shape index (κ2) is 9.84. The average Bonchev–Trinajstić information content (AvgIpc) is 2.38. The number of amides is 1. The molecule has 0 aliphatic carbocycles. The summed E-state index contributed by atoms with van der Waals surface area (Å²) in [7, 11) is -4.31. The van der Waals surface area contributed by atoms with Crippen LogP contribution in [0.1, 0.15) is 20.3 Å². The van der Waals surface area contributed by atoms with Gasteiger partial charge in [0.05, 0.1) is 13.2 Å². The first-order valence-corrected chi connectivity index (χ1v) is 7.46. The van der Waals surface area contributed by atoms with Crippen molar-refractivity contribution >= 4 is 19.7 Å². The number of carbonyl (C=O) groups is 2. The Balaban J connectivity index is 3.80. The summed E-state index contributed by atoms with van der Waals surface area (Å²) in [6.07, 6.45) is -0.932. The standard InChI is InChI=1S/C10H20NO8P/c1-3-10(14)11-4-5-18-20(15,16)19-7-9(13)6-17-8(2)12/h9,13H,3-7H2,1-2H3,(H,11,14)(H,15,16). The van der Waals surface area contributed by atoms with Crippen molar-refractivity contribution < 1.29 is 37.9 Å². The van der Waals surface area contributed by atoms with Crippen molar-refractivity contribution in [2.75, 3.05) is 26.4 Å². The molecule has 118 valence electrons. The van der Waals surface area contributed by atoms with Crippen molar-refractivity contribution in [2.24, 2.45) is 0 Å². The third-order valence-electron chi connectivity index (χ3n) is 1.91. The smallest absolute Gasteiger partial charge is 0.463 e. The lowest BCUT2D eigenvalue weighted by molar-refractivity contribution is -0.144. The van der Waals surface area contributed by atoms with E-state index in [-0.39, 0.29) is 25.7 Å². The first-order valence-electron chi connectivity index (χ1n) is 5.97. The second-order valence-electron chi connectivity index (χ2n) is 3.76. The Kier molecular flexibility index (Phi) is 9.35. The third-order valence-corrected chi connectivity index (χ3v) is 2.89. The molecule has 2 unspecified atom stereocenters. The van der Waals surface area contributed by atoms with E-state index in [9.17, 15) is 24.2 Å². The summed E-state index contributed by atoms with van der Waals surface area (Å²) in [5.41, 5.74) is 0. The van der Waals surface area contributed by atoms with Gasteiger partial charge in [-0.3, -0.25) is 18.6 Å². The first kappa shape index (κ1) is 19.0. The van der Waals surface area contributed by atoms with E-state index in [0.29, 0.717) is 6.42 Å². The fourth-order valence-corrected chi connectivity index (χ4v) is 1.71. The maximum absolute atomic E-state index is 11.4. The molecule has 20 heavy (non-hydrogen) atoms. The van der Waals surface area contributed by atoms with Crippen LogP contribution in [0.4, 0.5) is 0 Å². The van der Waals surface area contributed by atoms with Crippen LogP contribution < -0.4 is 5.32 Å². The Hall–Kier alpha value is -0.990. The molecule has 0 aliphatic rings. The van der Waals surface area contributed by atoms with Gasteiger partial charge in [-0.15, -0.1) is 0 Å². The molecule has 0 aromatic rings. The number of ether oxygens (including phenoxy) is 1. The normalized spacial score (nSPS) is 15.2. The zero-order chi connectivity index (χ0) is 15.6. The van der Waals surface area contributed by atoms with Gasteiger partial charge in [0.15, 0.2) is 0 Å². The Labute approximate surface area is 116 Å². The number of phosphoric ester groups is 1. The first-order chi connectivity index (χ1) is 9.26. The molecule has 9 nitrogen and oxygen atoms in total. The van der Waals surface area contributed by atoms with E-state index in [0.717, 1.165) is 6.92 Å². The van der Waals surface area contributed by atoms with Gasteiger partial charge >= 0.3 is 13.8 Å². The highest BCUT2D eigenvalue weighted by Gasteiger charge is 2.22. The van der Waals surface area contributed by atoms with E-state index in [1.54, 1.807) is 6.92 Å². The summed E-state index contributed by atoms with van der Waals surface area (Å²) in [6, 6.07) is 0.